The molecule has 0 aliphatic carbocycles. The maximum absolute atomic E-state index is 5.83. The van der Waals surface area contributed by atoms with E-state index in [0.717, 1.165) is 37.7 Å². The van der Waals surface area contributed by atoms with Crippen molar-refractivity contribution in [2.45, 2.75) is 26.9 Å². The second kappa shape index (κ2) is 6.36. The fourth-order valence-electron chi connectivity index (χ4n) is 2.52. The maximum Gasteiger partial charge on any atom is 0.118 e. The molecule has 1 aliphatic rings. The lowest BCUT2D eigenvalue weighted by Gasteiger charge is -2.33. The number of furan rings is 1. The van der Waals surface area contributed by atoms with Crippen LogP contribution in [0.25, 0.3) is 0 Å². The fraction of sp³-hybridized carbons (Fsp3) is 0.714. The Kier molecular flexibility index (Phi) is 4.80. The summed E-state index contributed by atoms with van der Waals surface area (Å²) in [6, 6.07) is 2.19. The van der Waals surface area contributed by atoms with E-state index < -0.39 is 0 Å². The quantitative estimate of drug-likeness (QED) is 0.858. The summed E-state index contributed by atoms with van der Waals surface area (Å²) >= 11 is 0. The van der Waals surface area contributed by atoms with Crippen LogP contribution in [0.4, 0.5) is 0 Å². The summed E-state index contributed by atoms with van der Waals surface area (Å²) in [5.74, 6) is 2.15. The van der Waals surface area contributed by atoms with Crippen LogP contribution in [0.3, 0.4) is 0 Å². The normalized spacial score (nSPS) is 18.4. The molecule has 0 atom stereocenters. The van der Waals surface area contributed by atoms with Crippen molar-refractivity contribution in [1.29, 1.82) is 0 Å². The lowest BCUT2D eigenvalue weighted by molar-refractivity contribution is 0.125. The highest BCUT2D eigenvalue weighted by Crippen LogP contribution is 2.17. The molecule has 0 saturated carbocycles. The van der Waals surface area contributed by atoms with Crippen LogP contribution >= 0.6 is 0 Å². The van der Waals surface area contributed by atoms with E-state index in [9.17, 15) is 0 Å². The first-order chi connectivity index (χ1) is 8.72. The Hall–Kier alpha value is -0.840. The van der Waals surface area contributed by atoms with Gasteiger partial charge in [-0.05, 0) is 26.6 Å². The molecule has 4 nitrogen and oxygen atoms in total. The average molecular weight is 251 g/mol. The standard InChI is InChI=1S/C14H25N3O/c1-4-16-5-7-17(8-6-16)11-14-9-13(10-15-3)12(2)18-14/h9,15H,4-8,10-11H2,1-3H3. The molecule has 1 aromatic heterocycles. The first kappa shape index (κ1) is 13.6. The molecule has 0 unspecified atom stereocenters. The van der Waals surface area contributed by atoms with E-state index in [-0.39, 0.29) is 0 Å². The molecule has 4 heteroatoms. The monoisotopic (exact) mass is 251 g/mol. The predicted octanol–water partition coefficient (Wildman–Crippen LogP) is 1.44. The zero-order valence-corrected chi connectivity index (χ0v) is 11.8. The second-order valence-electron chi connectivity index (χ2n) is 5.03. The van der Waals surface area contributed by atoms with Crippen LogP contribution in [0.15, 0.2) is 10.5 Å². The Morgan fingerprint density at radius 2 is 1.89 bits per heavy atom. The number of likely N-dealkylation sites (N-methyl/N-ethyl adjacent to an activating group) is 1. The molecule has 0 bridgehead atoms. The number of nitrogens with zero attached hydrogens (tertiary/aromatic N) is 2. The third-order valence-corrected chi connectivity index (χ3v) is 3.73. The van der Waals surface area contributed by atoms with Gasteiger partial charge in [0.1, 0.15) is 11.5 Å². The van der Waals surface area contributed by atoms with E-state index in [1.165, 1.54) is 25.2 Å². The Balaban J connectivity index is 1.88. The molecule has 1 fully saturated rings. The van der Waals surface area contributed by atoms with Crippen molar-refractivity contribution >= 4 is 0 Å². The zero-order chi connectivity index (χ0) is 13.0. The number of rotatable bonds is 5. The number of aryl methyl sites for hydroxylation is 1. The van der Waals surface area contributed by atoms with Crippen molar-refractivity contribution in [3.8, 4) is 0 Å². The van der Waals surface area contributed by atoms with Crippen molar-refractivity contribution in [1.82, 2.24) is 15.1 Å². The van der Waals surface area contributed by atoms with Crippen molar-refractivity contribution in [2.24, 2.45) is 0 Å². The first-order valence-electron chi connectivity index (χ1n) is 6.90. The van der Waals surface area contributed by atoms with E-state index in [2.05, 4.69) is 28.1 Å². The van der Waals surface area contributed by atoms with Gasteiger partial charge in [0.15, 0.2) is 0 Å². The van der Waals surface area contributed by atoms with Gasteiger partial charge in [0.2, 0.25) is 0 Å². The molecule has 1 saturated heterocycles. The Morgan fingerprint density at radius 1 is 1.22 bits per heavy atom. The van der Waals surface area contributed by atoms with Gasteiger partial charge in [-0.15, -0.1) is 0 Å². The molecule has 0 radical (unpaired) electrons. The van der Waals surface area contributed by atoms with Crippen molar-refractivity contribution < 1.29 is 4.42 Å². The minimum atomic E-state index is 0.888. The first-order valence-corrected chi connectivity index (χ1v) is 6.90. The summed E-state index contributed by atoms with van der Waals surface area (Å²) < 4.78 is 5.83. The van der Waals surface area contributed by atoms with Crippen molar-refractivity contribution in [3.63, 3.8) is 0 Å². The van der Waals surface area contributed by atoms with E-state index in [4.69, 9.17) is 4.42 Å². The number of hydrogen-bond acceptors (Lipinski definition) is 4. The summed E-state index contributed by atoms with van der Waals surface area (Å²) in [5, 5.41) is 3.17. The number of piperazine rings is 1. The third kappa shape index (κ3) is 3.34. The number of hydrogen-bond donors (Lipinski definition) is 1. The van der Waals surface area contributed by atoms with Gasteiger partial charge in [0.05, 0.1) is 6.54 Å². The molecule has 1 aromatic rings. The molecule has 0 amide bonds. The highest BCUT2D eigenvalue weighted by molar-refractivity contribution is 5.20. The largest absolute Gasteiger partial charge is 0.465 e. The minimum absolute atomic E-state index is 0.888. The molecular weight excluding hydrogens is 226 g/mol. The lowest BCUT2D eigenvalue weighted by Crippen LogP contribution is -2.45. The molecule has 0 aromatic carbocycles. The van der Waals surface area contributed by atoms with Crippen LogP contribution in [0.5, 0.6) is 0 Å². The van der Waals surface area contributed by atoms with Gasteiger partial charge in [0, 0.05) is 38.3 Å². The van der Waals surface area contributed by atoms with Crippen molar-refractivity contribution in [2.75, 3.05) is 39.8 Å². The number of nitrogens with one attached hydrogen (secondary N) is 1. The van der Waals surface area contributed by atoms with E-state index in [1.54, 1.807) is 0 Å². The smallest absolute Gasteiger partial charge is 0.118 e. The van der Waals surface area contributed by atoms with E-state index in [0.29, 0.717) is 0 Å². The van der Waals surface area contributed by atoms with Gasteiger partial charge in [-0.2, -0.15) is 0 Å². The molecule has 1 aliphatic heterocycles. The zero-order valence-electron chi connectivity index (χ0n) is 11.8. The molecule has 18 heavy (non-hydrogen) atoms. The van der Waals surface area contributed by atoms with Gasteiger partial charge in [-0.3, -0.25) is 4.90 Å². The predicted molar refractivity (Wildman–Crippen MR) is 73.6 cm³/mol. The van der Waals surface area contributed by atoms with E-state index >= 15 is 0 Å². The van der Waals surface area contributed by atoms with Crippen LogP contribution in [0.1, 0.15) is 24.0 Å². The van der Waals surface area contributed by atoms with Crippen molar-refractivity contribution in [3.05, 3.63) is 23.2 Å². The van der Waals surface area contributed by atoms with Gasteiger partial charge < -0.3 is 14.6 Å². The van der Waals surface area contributed by atoms with Gasteiger partial charge in [0.25, 0.3) is 0 Å². The molecule has 2 heterocycles. The van der Waals surface area contributed by atoms with Crippen LogP contribution in [0, 0.1) is 6.92 Å². The molecular formula is C14H25N3O. The minimum Gasteiger partial charge on any atom is -0.465 e. The van der Waals surface area contributed by atoms with Crippen LogP contribution in [-0.4, -0.2) is 49.6 Å². The molecule has 2 rings (SSSR count). The summed E-state index contributed by atoms with van der Waals surface area (Å²) in [5.41, 5.74) is 1.28. The lowest BCUT2D eigenvalue weighted by atomic mass is 10.2. The maximum atomic E-state index is 5.83. The van der Waals surface area contributed by atoms with Crippen LogP contribution < -0.4 is 5.32 Å². The molecule has 1 N–H and O–H groups in total. The summed E-state index contributed by atoms with van der Waals surface area (Å²) in [6.07, 6.45) is 0. The topological polar surface area (TPSA) is 31.6 Å². The summed E-state index contributed by atoms with van der Waals surface area (Å²) in [4.78, 5) is 4.98. The average Bonchev–Trinajstić information content (AvgIpc) is 2.71. The highest BCUT2D eigenvalue weighted by Gasteiger charge is 2.17. The Morgan fingerprint density at radius 3 is 2.50 bits per heavy atom. The highest BCUT2D eigenvalue weighted by atomic mass is 16.3. The summed E-state index contributed by atoms with van der Waals surface area (Å²) in [7, 11) is 1.97. The van der Waals surface area contributed by atoms with E-state index in [1.807, 2.05) is 14.0 Å². The van der Waals surface area contributed by atoms with Gasteiger partial charge in [-0.25, -0.2) is 0 Å². The molecule has 0 spiro atoms. The third-order valence-electron chi connectivity index (χ3n) is 3.73. The summed E-state index contributed by atoms with van der Waals surface area (Å²) in [6.45, 7) is 11.9. The van der Waals surface area contributed by atoms with Crippen LogP contribution in [0.2, 0.25) is 0 Å². The Bertz CT molecular complexity index is 367. The molecule has 102 valence electrons. The van der Waals surface area contributed by atoms with Gasteiger partial charge >= 0.3 is 0 Å². The fourth-order valence-corrected chi connectivity index (χ4v) is 2.52. The SMILES string of the molecule is CCN1CCN(Cc2cc(CNC)c(C)o2)CC1. The second-order valence-corrected chi connectivity index (χ2v) is 5.03. The Labute approximate surface area is 110 Å². The van der Waals surface area contributed by atoms with Crippen LogP contribution in [-0.2, 0) is 13.1 Å². The van der Waals surface area contributed by atoms with Gasteiger partial charge in [-0.1, -0.05) is 6.92 Å².